The van der Waals surface area contributed by atoms with E-state index >= 15 is 0 Å². The van der Waals surface area contributed by atoms with E-state index in [1.807, 2.05) is 18.2 Å². The average molecular weight is 480 g/mol. The van der Waals surface area contributed by atoms with Crippen molar-refractivity contribution >= 4 is 41.5 Å². The van der Waals surface area contributed by atoms with Crippen molar-refractivity contribution in [3.8, 4) is 0 Å². The lowest BCUT2D eigenvalue weighted by Crippen LogP contribution is -2.38. The van der Waals surface area contributed by atoms with Gasteiger partial charge in [0.1, 0.15) is 0 Å². The van der Waals surface area contributed by atoms with Crippen molar-refractivity contribution in [3.05, 3.63) is 34.9 Å². The topological polar surface area (TPSA) is 42.9 Å². The summed E-state index contributed by atoms with van der Waals surface area (Å²) in [5.41, 5.74) is 1.15. The highest BCUT2D eigenvalue weighted by molar-refractivity contribution is 14.0. The molecule has 0 bridgehead atoms. The zero-order valence-corrected chi connectivity index (χ0v) is 18.4. The molecule has 0 aromatic heterocycles. The smallest absolute Gasteiger partial charge is 0.191 e. The van der Waals surface area contributed by atoms with E-state index in [1.165, 1.54) is 32.6 Å². The van der Waals surface area contributed by atoms with E-state index in [0.29, 0.717) is 0 Å². The van der Waals surface area contributed by atoms with Gasteiger partial charge >= 0.3 is 0 Å². The third-order valence-electron chi connectivity index (χ3n) is 4.33. The molecule has 0 spiro atoms. The van der Waals surface area contributed by atoms with Crippen LogP contribution in [0, 0.1) is 0 Å². The zero-order chi connectivity index (χ0) is 17.2. The van der Waals surface area contributed by atoms with Crippen molar-refractivity contribution in [1.29, 1.82) is 0 Å². The minimum absolute atomic E-state index is 0. The fourth-order valence-electron chi connectivity index (χ4n) is 2.89. The maximum absolute atomic E-state index is 6.01. The molecule has 7 heteroatoms. The Morgan fingerprint density at radius 3 is 2.80 bits per heavy atom. The first-order valence-corrected chi connectivity index (χ1v) is 9.15. The molecule has 0 atom stereocenters. The van der Waals surface area contributed by atoms with Crippen molar-refractivity contribution in [2.24, 2.45) is 4.99 Å². The SMILES string of the molecule is CN=C(NCCCN1CCCN(C)CC1)NCc1cccc(Cl)c1.I. The van der Waals surface area contributed by atoms with Crippen molar-refractivity contribution in [3.63, 3.8) is 0 Å². The van der Waals surface area contributed by atoms with Crippen LogP contribution in [-0.4, -0.2) is 69.1 Å². The first-order valence-electron chi connectivity index (χ1n) is 8.77. The molecule has 1 fully saturated rings. The Labute approximate surface area is 174 Å². The van der Waals surface area contributed by atoms with E-state index in [1.54, 1.807) is 7.05 Å². The van der Waals surface area contributed by atoms with E-state index in [-0.39, 0.29) is 24.0 Å². The highest BCUT2D eigenvalue weighted by atomic mass is 127. The number of halogens is 2. The molecule has 25 heavy (non-hydrogen) atoms. The van der Waals surface area contributed by atoms with Crippen molar-refractivity contribution in [2.45, 2.75) is 19.4 Å². The van der Waals surface area contributed by atoms with E-state index in [0.717, 1.165) is 42.6 Å². The Balaban J connectivity index is 0.00000312. The lowest BCUT2D eigenvalue weighted by atomic mass is 10.2. The number of aliphatic imine (C=N–C) groups is 1. The van der Waals surface area contributed by atoms with Crippen LogP contribution < -0.4 is 10.6 Å². The second-order valence-corrected chi connectivity index (χ2v) is 6.77. The first kappa shape index (κ1) is 22.5. The number of nitrogens with zero attached hydrogens (tertiary/aromatic N) is 3. The molecule has 0 unspecified atom stereocenters. The summed E-state index contributed by atoms with van der Waals surface area (Å²) in [5, 5.41) is 7.48. The van der Waals surface area contributed by atoms with Gasteiger partial charge in [0.05, 0.1) is 0 Å². The summed E-state index contributed by atoms with van der Waals surface area (Å²) < 4.78 is 0. The fraction of sp³-hybridized carbons (Fsp3) is 0.611. The largest absolute Gasteiger partial charge is 0.356 e. The standard InChI is InChI=1S/C18H30ClN5.HI/c1-20-18(22-15-16-6-3-7-17(19)14-16)21-8-4-10-24-11-5-9-23(2)12-13-24;/h3,6-7,14H,4-5,8-13,15H2,1-2H3,(H2,20,21,22);1H. The van der Waals surface area contributed by atoms with E-state index in [9.17, 15) is 0 Å². The normalized spacial score (nSPS) is 16.8. The van der Waals surface area contributed by atoms with Crippen LogP contribution in [0.4, 0.5) is 0 Å². The number of guanidine groups is 1. The lowest BCUT2D eigenvalue weighted by molar-refractivity contribution is 0.274. The number of nitrogens with one attached hydrogen (secondary N) is 2. The van der Waals surface area contributed by atoms with Crippen LogP contribution in [0.2, 0.25) is 5.02 Å². The third kappa shape index (κ3) is 9.08. The Bertz CT molecular complexity index is 526. The Hall–Kier alpha value is -0.570. The highest BCUT2D eigenvalue weighted by Crippen LogP contribution is 2.10. The third-order valence-corrected chi connectivity index (χ3v) is 4.56. The molecule has 0 saturated carbocycles. The predicted molar refractivity (Wildman–Crippen MR) is 118 cm³/mol. The maximum atomic E-state index is 6.01. The quantitative estimate of drug-likeness (QED) is 0.285. The average Bonchev–Trinajstić information content (AvgIpc) is 2.79. The summed E-state index contributed by atoms with van der Waals surface area (Å²) in [4.78, 5) is 9.26. The molecule has 5 nitrogen and oxygen atoms in total. The van der Waals surface area contributed by atoms with Crippen LogP contribution in [-0.2, 0) is 6.54 Å². The minimum Gasteiger partial charge on any atom is -0.356 e. The summed E-state index contributed by atoms with van der Waals surface area (Å²) in [6.07, 6.45) is 2.40. The van der Waals surface area contributed by atoms with Crippen LogP contribution >= 0.6 is 35.6 Å². The molecule has 0 aliphatic carbocycles. The van der Waals surface area contributed by atoms with E-state index in [4.69, 9.17) is 11.6 Å². The molecule has 1 aliphatic heterocycles. The molecule has 1 aromatic carbocycles. The van der Waals surface area contributed by atoms with Gasteiger partial charge in [-0.05, 0) is 57.2 Å². The van der Waals surface area contributed by atoms with Crippen molar-refractivity contribution in [1.82, 2.24) is 20.4 Å². The van der Waals surface area contributed by atoms with E-state index in [2.05, 4.69) is 38.5 Å². The second kappa shape index (κ2) is 12.7. The first-order chi connectivity index (χ1) is 11.7. The number of benzene rings is 1. The second-order valence-electron chi connectivity index (χ2n) is 6.33. The molecule has 2 rings (SSSR count). The number of hydrogen-bond donors (Lipinski definition) is 2. The molecule has 1 heterocycles. The van der Waals surface area contributed by atoms with Crippen LogP contribution in [0.1, 0.15) is 18.4 Å². The van der Waals surface area contributed by atoms with Gasteiger partial charge in [-0.25, -0.2) is 0 Å². The summed E-state index contributed by atoms with van der Waals surface area (Å²) >= 11 is 6.01. The van der Waals surface area contributed by atoms with Gasteiger partial charge in [0.25, 0.3) is 0 Å². The van der Waals surface area contributed by atoms with Gasteiger partial charge in [-0.2, -0.15) is 0 Å². The predicted octanol–water partition coefficient (Wildman–Crippen LogP) is 2.65. The van der Waals surface area contributed by atoms with Gasteiger partial charge in [0.15, 0.2) is 5.96 Å². The van der Waals surface area contributed by atoms with Crippen LogP contribution in [0.5, 0.6) is 0 Å². The molecule has 2 N–H and O–H groups in total. The van der Waals surface area contributed by atoms with Gasteiger partial charge in [-0.15, -0.1) is 24.0 Å². The summed E-state index contributed by atoms with van der Waals surface area (Å²) in [5.74, 6) is 0.838. The van der Waals surface area contributed by atoms with E-state index < -0.39 is 0 Å². The van der Waals surface area contributed by atoms with Crippen LogP contribution in [0.15, 0.2) is 29.3 Å². The number of likely N-dealkylation sites (N-methyl/N-ethyl adjacent to an activating group) is 1. The molecular weight excluding hydrogens is 449 g/mol. The van der Waals surface area contributed by atoms with Crippen molar-refractivity contribution in [2.75, 3.05) is 53.4 Å². The minimum atomic E-state index is 0. The molecule has 0 radical (unpaired) electrons. The zero-order valence-electron chi connectivity index (χ0n) is 15.3. The fourth-order valence-corrected chi connectivity index (χ4v) is 3.10. The molecule has 142 valence electrons. The summed E-state index contributed by atoms with van der Waals surface area (Å²) in [6, 6.07) is 7.88. The number of hydrogen-bond acceptors (Lipinski definition) is 3. The monoisotopic (exact) mass is 479 g/mol. The molecule has 1 aliphatic rings. The van der Waals surface area contributed by atoms with Crippen molar-refractivity contribution < 1.29 is 0 Å². The summed E-state index contributed by atoms with van der Waals surface area (Å²) in [6.45, 7) is 7.59. The molecule has 1 saturated heterocycles. The lowest BCUT2D eigenvalue weighted by Gasteiger charge is -2.20. The van der Waals surface area contributed by atoms with Gasteiger partial charge in [0, 0.05) is 38.2 Å². The Kier molecular flexibility index (Phi) is 11.4. The van der Waals surface area contributed by atoms with Gasteiger partial charge in [-0.3, -0.25) is 4.99 Å². The maximum Gasteiger partial charge on any atom is 0.191 e. The Morgan fingerprint density at radius 1 is 1.20 bits per heavy atom. The Morgan fingerprint density at radius 2 is 2.04 bits per heavy atom. The molecule has 0 amide bonds. The van der Waals surface area contributed by atoms with Crippen LogP contribution in [0.25, 0.3) is 0 Å². The van der Waals surface area contributed by atoms with Gasteiger partial charge in [-0.1, -0.05) is 23.7 Å². The van der Waals surface area contributed by atoms with Gasteiger partial charge in [0.2, 0.25) is 0 Å². The molecule has 1 aromatic rings. The highest BCUT2D eigenvalue weighted by Gasteiger charge is 2.11. The van der Waals surface area contributed by atoms with Crippen LogP contribution in [0.3, 0.4) is 0 Å². The summed E-state index contributed by atoms with van der Waals surface area (Å²) in [7, 11) is 4.01. The van der Waals surface area contributed by atoms with Gasteiger partial charge < -0.3 is 20.4 Å². The molecular formula is C18H31ClIN5. The number of rotatable bonds is 6.